The second-order valence-electron chi connectivity index (χ2n) is 7.45. The van der Waals surface area contributed by atoms with Crippen LogP contribution in [0.1, 0.15) is 31.8 Å². The topological polar surface area (TPSA) is 71.1 Å². The number of halogens is 2. The molecular weight excluding hydrogens is 398 g/mol. The Kier molecular flexibility index (Phi) is 5.53. The van der Waals surface area contributed by atoms with Crippen LogP contribution in [-0.2, 0) is 18.9 Å². The number of rotatable bonds is 4. The van der Waals surface area contributed by atoms with Crippen molar-refractivity contribution in [3.05, 3.63) is 70.3 Å². The number of hydrogen-bond acceptors (Lipinski definition) is 6. The van der Waals surface area contributed by atoms with Crippen molar-refractivity contribution in [2.24, 2.45) is 0 Å². The molecular formula is C22H20F2O6. The zero-order valence-corrected chi connectivity index (χ0v) is 16.4. The first-order valence-electron chi connectivity index (χ1n) is 9.51. The van der Waals surface area contributed by atoms with Gasteiger partial charge in [0.1, 0.15) is 23.8 Å². The van der Waals surface area contributed by atoms with Crippen LogP contribution in [0.2, 0.25) is 0 Å². The molecule has 0 saturated carbocycles. The van der Waals surface area contributed by atoms with Gasteiger partial charge in [-0.25, -0.2) is 18.4 Å². The fourth-order valence-electron chi connectivity index (χ4n) is 3.60. The summed E-state index contributed by atoms with van der Waals surface area (Å²) in [6.45, 7) is 3.46. The van der Waals surface area contributed by atoms with Crippen molar-refractivity contribution < 1.29 is 37.3 Å². The molecule has 4 atom stereocenters. The summed E-state index contributed by atoms with van der Waals surface area (Å²) in [5.74, 6) is -3.00. The molecule has 2 aliphatic heterocycles. The molecule has 8 heteroatoms. The van der Waals surface area contributed by atoms with E-state index >= 15 is 0 Å². The molecule has 6 nitrogen and oxygen atoms in total. The molecule has 0 bridgehead atoms. The Labute approximate surface area is 171 Å². The molecule has 158 valence electrons. The molecule has 0 aromatic heterocycles. The van der Waals surface area contributed by atoms with Gasteiger partial charge in [0, 0.05) is 0 Å². The lowest BCUT2D eigenvalue weighted by Gasteiger charge is -2.17. The molecule has 0 N–H and O–H groups in total. The summed E-state index contributed by atoms with van der Waals surface area (Å²) in [7, 11) is 0. The van der Waals surface area contributed by atoms with Crippen LogP contribution >= 0.6 is 0 Å². The van der Waals surface area contributed by atoms with Crippen LogP contribution in [0.4, 0.5) is 8.78 Å². The fraction of sp³-hybridized carbons (Fsp3) is 0.364. The quantitative estimate of drug-likeness (QED) is 0.711. The van der Waals surface area contributed by atoms with Gasteiger partial charge in [0.25, 0.3) is 0 Å². The molecule has 2 fully saturated rings. The van der Waals surface area contributed by atoms with Crippen molar-refractivity contribution in [2.45, 2.75) is 38.3 Å². The maximum Gasteiger partial charge on any atom is 0.341 e. The first-order chi connectivity index (χ1) is 14.3. The Morgan fingerprint density at radius 3 is 1.57 bits per heavy atom. The number of aryl methyl sites for hydroxylation is 2. The number of carbonyl (C=O) groups excluding carboxylic acids is 2. The first-order valence-corrected chi connectivity index (χ1v) is 9.51. The normalized spacial score (nSPS) is 25.1. The number of ether oxygens (including phenoxy) is 4. The lowest BCUT2D eigenvalue weighted by Crippen LogP contribution is -2.36. The van der Waals surface area contributed by atoms with Crippen molar-refractivity contribution in [1.82, 2.24) is 0 Å². The van der Waals surface area contributed by atoms with Gasteiger partial charge in [-0.3, -0.25) is 0 Å². The van der Waals surface area contributed by atoms with Gasteiger partial charge < -0.3 is 18.9 Å². The van der Waals surface area contributed by atoms with E-state index < -0.39 is 48.0 Å². The predicted octanol–water partition coefficient (Wildman–Crippen LogP) is 3.13. The molecule has 2 heterocycles. The highest BCUT2D eigenvalue weighted by molar-refractivity contribution is 5.90. The Hall–Kier alpha value is -2.84. The van der Waals surface area contributed by atoms with Crippen molar-refractivity contribution in [2.75, 3.05) is 13.2 Å². The van der Waals surface area contributed by atoms with Crippen LogP contribution in [0.3, 0.4) is 0 Å². The van der Waals surface area contributed by atoms with Crippen molar-refractivity contribution >= 4 is 11.9 Å². The lowest BCUT2D eigenvalue weighted by molar-refractivity contribution is -0.0290. The Morgan fingerprint density at radius 1 is 0.800 bits per heavy atom. The highest BCUT2D eigenvalue weighted by Gasteiger charge is 2.51. The summed E-state index contributed by atoms with van der Waals surface area (Å²) < 4.78 is 50.0. The third kappa shape index (κ3) is 3.93. The molecule has 2 aromatic carbocycles. The minimum Gasteiger partial charge on any atom is -0.453 e. The smallest absolute Gasteiger partial charge is 0.341 e. The average Bonchev–Trinajstić information content (AvgIpc) is 3.25. The van der Waals surface area contributed by atoms with E-state index in [9.17, 15) is 18.4 Å². The van der Waals surface area contributed by atoms with Gasteiger partial charge in [-0.2, -0.15) is 0 Å². The summed E-state index contributed by atoms with van der Waals surface area (Å²) in [6.07, 6.45) is -2.88. The Morgan fingerprint density at radius 2 is 1.20 bits per heavy atom. The molecule has 0 spiro atoms. The van der Waals surface area contributed by atoms with E-state index in [4.69, 9.17) is 18.9 Å². The molecule has 2 aromatic rings. The van der Waals surface area contributed by atoms with E-state index in [0.717, 1.165) is 0 Å². The summed E-state index contributed by atoms with van der Waals surface area (Å²) in [5.41, 5.74) is 1.00. The van der Waals surface area contributed by atoms with Crippen LogP contribution in [0.15, 0.2) is 36.4 Å². The minimum atomic E-state index is -0.826. The Bertz CT molecular complexity index is 912. The summed E-state index contributed by atoms with van der Waals surface area (Å²) in [4.78, 5) is 24.7. The molecule has 2 saturated heterocycles. The van der Waals surface area contributed by atoms with Gasteiger partial charge in [0.05, 0.1) is 24.3 Å². The maximum atomic E-state index is 14.0. The first kappa shape index (κ1) is 20.4. The summed E-state index contributed by atoms with van der Waals surface area (Å²) in [5, 5.41) is 0. The van der Waals surface area contributed by atoms with Gasteiger partial charge in [-0.1, -0.05) is 12.1 Å². The number of fused-ring (bicyclic) bond motifs is 1. The third-order valence-electron chi connectivity index (χ3n) is 5.17. The Balaban J connectivity index is 1.39. The standard InChI is InChI=1S/C22H20F2O6/c1-11-3-5-13(15(23)7-11)21(25)29-17-9-27-20-18(10-28-19(17)20)30-22(26)14-6-4-12(2)8-16(14)24/h3-8,17-20H,9-10H2,1-2H3/t17-,18+,19-,20-/m1/s1. The highest BCUT2D eigenvalue weighted by Crippen LogP contribution is 2.32. The molecule has 0 radical (unpaired) electrons. The lowest BCUT2D eigenvalue weighted by atomic mass is 10.1. The van der Waals surface area contributed by atoms with E-state index in [1.807, 2.05) is 0 Å². The largest absolute Gasteiger partial charge is 0.453 e. The van der Waals surface area contributed by atoms with Crippen molar-refractivity contribution in [1.29, 1.82) is 0 Å². The predicted molar refractivity (Wildman–Crippen MR) is 100 cm³/mol. The van der Waals surface area contributed by atoms with Gasteiger partial charge in [-0.15, -0.1) is 0 Å². The summed E-state index contributed by atoms with van der Waals surface area (Å²) >= 11 is 0. The van der Waals surface area contributed by atoms with Gasteiger partial charge >= 0.3 is 11.9 Å². The van der Waals surface area contributed by atoms with E-state index in [1.165, 1.54) is 24.3 Å². The van der Waals surface area contributed by atoms with Crippen molar-refractivity contribution in [3.8, 4) is 0 Å². The molecule has 0 amide bonds. The SMILES string of the molecule is Cc1ccc(C(=O)O[C@H]2CO[C@H]3[C@@H]2OC[C@H]3OC(=O)c2ccc(C)cc2F)c(F)c1. The average molecular weight is 418 g/mol. The number of benzene rings is 2. The molecule has 2 aliphatic rings. The van der Waals surface area contributed by atoms with Crippen LogP contribution in [0, 0.1) is 25.5 Å². The van der Waals surface area contributed by atoms with Gasteiger partial charge in [0.15, 0.2) is 12.2 Å². The fourth-order valence-corrected chi connectivity index (χ4v) is 3.60. The number of hydrogen-bond donors (Lipinski definition) is 0. The molecule has 0 aliphatic carbocycles. The van der Waals surface area contributed by atoms with E-state index in [0.29, 0.717) is 11.1 Å². The second kappa shape index (κ2) is 8.12. The molecule has 30 heavy (non-hydrogen) atoms. The molecule has 0 unspecified atom stereocenters. The summed E-state index contributed by atoms with van der Waals surface area (Å²) in [6, 6.07) is 8.43. The van der Waals surface area contributed by atoms with Crippen molar-refractivity contribution in [3.63, 3.8) is 0 Å². The maximum absolute atomic E-state index is 14.0. The van der Waals surface area contributed by atoms with Gasteiger partial charge in [0.2, 0.25) is 0 Å². The molecule has 4 rings (SSSR count). The van der Waals surface area contributed by atoms with E-state index in [2.05, 4.69) is 0 Å². The third-order valence-corrected chi connectivity index (χ3v) is 5.17. The van der Waals surface area contributed by atoms with Gasteiger partial charge in [-0.05, 0) is 49.2 Å². The number of carbonyl (C=O) groups is 2. The number of esters is 2. The van der Waals surface area contributed by atoms with Crippen LogP contribution in [-0.4, -0.2) is 49.6 Å². The minimum absolute atomic E-state index is 0.0154. The second-order valence-corrected chi connectivity index (χ2v) is 7.45. The monoisotopic (exact) mass is 418 g/mol. The van der Waals surface area contributed by atoms with E-state index in [-0.39, 0.29) is 24.3 Å². The zero-order valence-electron chi connectivity index (χ0n) is 16.4. The van der Waals surface area contributed by atoms with Crippen LogP contribution in [0.25, 0.3) is 0 Å². The van der Waals surface area contributed by atoms with E-state index in [1.54, 1.807) is 26.0 Å². The zero-order chi connectivity index (χ0) is 21.4. The van der Waals surface area contributed by atoms with Crippen LogP contribution < -0.4 is 0 Å². The van der Waals surface area contributed by atoms with Crippen LogP contribution in [0.5, 0.6) is 0 Å². The highest BCUT2D eigenvalue weighted by atomic mass is 19.1.